The molecule has 2 fully saturated rings. The number of hydrogen-bond acceptors (Lipinski definition) is 5. The zero-order valence-electron chi connectivity index (χ0n) is 20.2. The number of carbonyl (C=O) groups excluding carboxylic acids is 1. The van der Waals surface area contributed by atoms with Crippen LogP contribution in [0.25, 0.3) is 10.9 Å². The van der Waals surface area contributed by atoms with E-state index >= 15 is 0 Å². The number of para-hydroxylation sites is 1. The number of nitrogens with zero attached hydrogens (tertiary/aromatic N) is 2. The van der Waals surface area contributed by atoms with Crippen molar-refractivity contribution < 1.29 is 4.79 Å². The Kier molecular flexibility index (Phi) is 7.74. The monoisotopic (exact) mass is 489 g/mol. The first-order valence-corrected chi connectivity index (χ1v) is 13.3. The lowest BCUT2D eigenvalue weighted by Crippen LogP contribution is -2.46. The van der Waals surface area contributed by atoms with Crippen LogP contribution in [0.2, 0.25) is 0 Å². The van der Waals surface area contributed by atoms with Gasteiger partial charge in [-0.2, -0.15) is 0 Å². The number of aromatic nitrogens is 2. The summed E-state index contributed by atoms with van der Waals surface area (Å²) in [6, 6.07) is 19.1. The highest BCUT2D eigenvalue weighted by molar-refractivity contribution is 7.71. The number of likely N-dealkylation sites (tertiary alicyclic amines) is 1. The van der Waals surface area contributed by atoms with E-state index in [1.807, 2.05) is 18.2 Å². The number of anilines is 1. The van der Waals surface area contributed by atoms with Gasteiger partial charge in [0.25, 0.3) is 0 Å². The lowest BCUT2D eigenvalue weighted by atomic mass is 9.81. The number of hydrogen-bond donors (Lipinski definition) is 3. The minimum absolute atomic E-state index is 0.151. The van der Waals surface area contributed by atoms with Crippen molar-refractivity contribution in [2.45, 2.75) is 51.1 Å². The fourth-order valence-corrected chi connectivity index (χ4v) is 5.71. The van der Waals surface area contributed by atoms with Crippen LogP contribution in [0.1, 0.15) is 44.1 Å². The minimum atomic E-state index is 0.151. The minimum Gasteiger partial charge on any atom is -0.369 e. The Labute approximate surface area is 212 Å². The van der Waals surface area contributed by atoms with Gasteiger partial charge in [0.05, 0.1) is 5.52 Å². The zero-order chi connectivity index (χ0) is 24.0. The van der Waals surface area contributed by atoms with Gasteiger partial charge in [0.15, 0.2) is 4.77 Å². The van der Waals surface area contributed by atoms with Crippen LogP contribution in [0.5, 0.6) is 0 Å². The molecule has 2 aliphatic rings. The smallest absolute Gasteiger partial charge is 0.223 e. The molecule has 3 aromatic rings. The Morgan fingerprint density at radius 2 is 1.69 bits per heavy atom. The molecule has 0 atom stereocenters. The molecule has 2 heterocycles. The quantitative estimate of drug-likeness (QED) is 0.393. The SMILES string of the molecule is O=C(NC1CCN(Cc2ccccc2)CC1)C1CCC(CNc2nc(=S)[nH]c3ccccc23)CC1. The molecule has 0 spiro atoms. The predicted molar refractivity (Wildman–Crippen MR) is 144 cm³/mol. The van der Waals surface area contributed by atoms with Crippen LogP contribution in [0.4, 0.5) is 5.82 Å². The third-order valence-electron chi connectivity index (χ3n) is 7.60. The maximum Gasteiger partial charge on any atom is 0.223 e. The van der Waals surface area contributed by atoms with Crippen molar-refractivity contribution in [1.82, 2.24) is 20.2 Å². The standard InChI is InChI=1S/C28H35N5OS/c34-27(30-23-14-16-33(17-15-23)19-21-6-2-1-3-7-21)22-12-10-20(11-13-22)18-29-26-24-8-4-5-9-25(24)31-28(35)32-26/h1-9,20,22-23H,10-19H2,(H,30,34)(H2,29,31,32,35). The summed E-state index contributed by atoms with van der Waals surface area (Å²) in [6.45, 7) is 3.96. The van der Waals surface area contributed by atoms with Gasteiger partial charge in [0.2, 0.25) is 5.91 Å². The zero-order valence-corrected chi connectivity index (χ0v) is 21.0. The van der Waals surface area contributed by atoms with Crippen LogP contribution < -0.4 is 10.6 Å². The third kappa shape index (κ3) is 6.27. The second-order valence-electron chi connectivity index (χ2n) is 10.1. The normalized spacial score (nSPS) is 21.6. The first-order chi connectivity index (χ1) is 17.1. The summed E-state index contributed by atoms with van der Waals surface area (Å²) >= 11 is 5.29. The van der Waals surface area contributed by atoms with Crippen LogP contribution in [-0.2, 0) is 11.3 Å². The van der Waals surface area contributed by atoms with E-state index in [0.29, 0.717) is 16.7 Å². The summed E-state index contributed by atoms with van der Waals surface area (Å²) in [5.41, 5.74) is 2.36. The number of aromatic amines is 1. The van der Waals surface area contributed by atoms with Gasteiger partial charge < -0.3 is 15.6 Å². The molecule has 0 radical (unpaired) electrons. The molecule has 1 aliphatic heterocycles. The molecule has 1 aliphatic carbocycles. The summed E-state index contributed by atoms with van der Waals surface area (Å²) in [6.07, 6.45) is 6.15. The Bertz CT molecular complexity index is 1180. The molecule has 0 bridgehead atoms. The van der Waals surface area contributed by atoms with Gasteiger partial charge in [-0.15, -0.1) is 0 Å². The molecule has 3 N–H and O–H groups in total. The van der Waals surface area contributed by atoms with E-state index in [1.165, 1.54) is 5.56 Å². The average molecular weight is 490 g/mol. The van der Waals surface area contributed by atoms with Gasteiger partial charge in [-0.05, 0) is 74.4 Å². The highest BCUT2D eigenvalue weighted by atomic mass is 32.1. The van der Waals surface area contributed by atoms with Gasteiger partial charge in [-0.25, -0.2) is 4.98 Å². The number of carbonyl (C=O) groups is 1. The summed E-state index contributed by atoms with van der Waals surface area (Å²) in [4.78, 5) is 23.1. The first-order valence-electron chi connectivity index (χ1n) is 12.9. The number of amides is 1. The van der Waals surface area contributed by atoms with Crippen molar-refractivity contribution in [2.24, 2.45) is 11.8 Å². The molecule has 184 valence electrons. The van der Waals surface area contributed by atoms with E-state index in [1.54, 1.807) is 0 Å². The van der Waals surface area contributed by atoms with Crippen LogP contribution in [0, 0.1) is 16.6 Å². The molecule has 2 aromatic carbocycles. The third-order valence-corrected chi connectivity index (χ3v) is 7.79. The van der Waals surface area contributed by atoms with Gasteiger partial charge in [0, 0.05) is 43.5 Å². The molecule has 1 amide bonds. The van der Waals surface area contributed by atoms with Crippen LogP contribution in [0.3, 0.4) is 0 Å². The average Bonchev–Trinajstić information content (AvgIpc) is 2.89. The highest BCUT2D eigenvalue weighted by Crippen LogP contribution is 2.30. The predicted octanol–water partition coefficient (Wildman–Crippen LogP) is 5.29. The highest BCUT2D eigenvalue weighted by Gasteiger charge is 2.29. The molecule has 1 aromatic heterocycles. The Hall–Kier alpha value is -2.77. The Morgan fingerprint density at radius 3 is 2.46 bits per heavy atom. The second kappa shape index (κ2) is 11.3. The van der Waals surface area contributed by atoms with Crippen molar-refractivity contribution in [2.75, 3.05) is 25.0 Å². The van der Waals surface area contributed by atoms with Gasteiger partial charge in [0.1, 0.15) is 5.82 Å². The number of fused-ring (bicyclic) bond motifs is 1. The second-order valence-corrected chi connectivity index (χ2v) is 10.5. The Morgan fingerprint density at radius 1 is 0.971 bits per heavy atom. The van der Waals surface area contributed by atoms with Crippen molar-refractivity contribution >= 4 is 34.8 Å². The number of benzene rings is 2. The van der Waals surface area contributed by atoms with Crippen molar-refractivity contribution in [3.05, 3.63) is 64.9 Å². The molecular formula is C28H35N5OS. The first kappa shape index (κ1) is 23.9. The number of rotatable bonds is 7. The van der Waals surface area contributed by atoms with E-state index in [9.17, 15) is 4.79 Å². The number of piperidine rings is 1. The largest absolute Gasteiger partial charge is 0.369 e. The van der Waals surface area contributed by atoms with E-state index < -0.39 is 0 Å². The van der Waals surface area contributed by atoms with E-state index in [4.69, 9.17) is 12.2 Å². The lowest BCUT2D eigenvalue weighted by molar-refractivity contribution is -0.127. The fraction of sp³-hybridized carbons (Fsp3) is 0.464. The summed E-state index contributed by atoms with van der Waals surface area (Å²) in [5, 5.41) is 7.95. The van der Waals surface area contributed by atoms with Crippen LogP contribution in [0.15, 0.2) is 54.6 Å². The molecule has 5 rings (SSSR count). The summed E-state index contributed by atoms with van der Waals surface area (Å²) in [5.74, 6) is 1.82. The molecule has 6 nitrogen and oxygen atoms in total. The van der Waals surface area contributed by atoms with E-state index in [-0.39, 0.29) is 11.8 Å². The summed E-state index contributed by atoms with van der Waals surface area (Å²) < 4.78 is 0.498. The maximum absolute atomic E-state index is 12.9. The van der Waals surface area contributed by atoms with E-state index in [2.05, 4.69) is 61.9 Å². The van der Waals surface area contributed by atoms with Crippen molar-refractivity contribution in [3.8, 4) is 0 Å². The topological polar surface area (TPSA) is 73.1 Å². The van der Waals surface area contributed by atoms with Crippen molar-refractivity contribution in [1.29, 1.82) is 0 Å². The fourth-order valence-electron chi connectivity index (χ4n) is 5.50. The van der Waals surface area contributed by atoms with Gasteiger partial charge in [-0.3, -0.25) is 9.69 Å². The van der Waals surface area contributed by atoms with Crippen molar-refractivity contribution in [3.63, 3.8) is 0 Å². The maximum atomic E-state index is 12.9. The van der Waals surface area contributed by atoms with E-state index in [0.717, 1.165) is 81.4 Å². The summed E-state index contributed by atoms with van der Waals surface area (Å²) in [7, 11) is 0. The van der Waals surface area contributed by atoms with Gasteiger partial charge >= 0.3 is 0 Å². The molecular weight excluding hydrogens is 454 g/mol. The number of H-pyrrole nitrogens is 1. The molecule has 1 saturated heterocycles. The number of nitrogens with one attached hydrogen (secondary N) is 3. The molecule has 35 heavy (non-hydrogen) atoms. The lowest BCUT2D eigenvalue weighted by Gasteiger charge is -2.34. The molecule has 7 heteroatoms. The molecule has 0 unspecified atom stereocenters. The van der Waals surface area contributed by atoms with Gasteiger partial charge in [-0.1, -0.05) is 42.5 Å². The van der Waals surface area contributed by atoms with Crippen LogP contribution >= 0.6 is 12.2 Å². The van der Waals surface area contributed by atoms with Crippen LogP contribution in [-0.4, -0.2) is 46.5 Å². The molecule has 1 saturated carbocycles. The Balaban J connectivity index is 1.04.